The average molecular weight is 488 g/mol. The van der Waals surface area contributed by atoms with Gasteiger partial charge in [-0.3, -0.25) is 4.98 Å². The maximum atomic E-state index is 5.92. The van der Waals surface area contributed by atoms with E-state index in [1.807, 2.05) is 12.3 Å². The fourth-order valence-corrected chi connectivity index (χ4v) is 6.18. The molecular weight excluding hydrogens is 454 g/mol. The summed E-state index contributed by atoms with van der Waals surface area (Å²) >= 11 is 5.92. The van der Waals surface area contributed by atoms with Gasteiger partial charge in [0.25, 0.3) is 0 Å². The van der Waals surface area contributed by atoms with Crippen molar-refractivity contribution in [2.24, 2.45) is 0 Å². The Hall–Kier alpha value is -2.90. The first-order chi connectivity index (χ1) is 17.3. The number of morpholine rings is 1. The van der Waals surface area contributed by atoms with Crippen molar-refractivity contribution < 1.29 is 4.74 Å². The van der Waals surface area contributed by atoms with Crippen LogP contribution >= 0.6 is 12.2 Å². The Kier molecular flexibility index (Phi) is 6.44. The molecule has 0 spiro atoms. The highest BCUT2D eigenvalue weighted by Crippen LogP contribution is 2.42. The van der Waals surface area contributed by atoms with E-state index < -0.39 is 0 Å². The number of hydrogen-bond acceptors (Lipinski definition) is 4. The molecular formula is C28H33N5OS. The van der Waals surface area contributed by atoms with E-state index in [1.54, 1.807) is 0 Å². The summed E-state index contributed by atoms with van der Waals surface area (Å²) in [6, 6.07) is 17.8. The quantitative estimate of drug-likeness (QED) is 0.486. The maximum absolute atomic E-state index is 5.92. The van der Waals surface area contributed by atoms with Crippen LogP contribution in [0.4, 0.5) is 11.4 Å². The van der Waals surface area contributed by atoms with Gasteiger partial charge in [-0.1, -0.05) is 25.3 Å². The van der Waals surface area contributed by atoms with Crippen molar-refractivity contribution in [3.05, 3.63) is 78.4 Å². The number of ether oxygens (including phenoxy) is 1. The van der Waals surface area contributed by atoms with Crippen LogP contribution in [-0.4, -0.2) is 41.0 Å². The molecule has 2 aliphatic heterocycles. The van der Waals surface area contributed by atoms with Crippen LogP contribution in [0.2, 0.25) is 0 Å². The summed E-state index contributed by atoms with van der Waals surface area (Å²) in [4.78, 5) is 9.35. The minimum Gasteiger partial charge on any atom is -0.378 e. The van der Waals surface area contributed by atoms with Crippen molar-refractivity contribution in [2.75, 3.05) is 36.1 Å². The van der Waals surface area contributed by atoms with Crippen molar-refractivity contribution in [1.82, 2.24) is 14.9 Å². The zero-order chi connectivity index (χ0) is 23.6. The number of nitrogens with zero attached hydrogens (tertiary/aromatic N) is 4. The Labute approximate surface area is 212 Å². The molecule has 1 saturated carbocycles. The van der Waals surface area contributed by atoms with Gasteiger partial charge in [0.15, 0.2) is 5.11 Å². The lowest BCUT2D eigenvalue weighted by Gasteiger charge is -2.30. The van der Waals surface area contributed by atoms with Crippen molar-refractivity contribution in [3.63, 3.8) is 0 Å². The van der Waals surface area contributed by atoms with Crippen LogP contribution in [0.1, 0.15) is 61.5 Å². The number of pyridine rings is 1. The molecule has 3 aliphatic rings. The van der Waals surface area contributed by atoms with Gasteiger partial charge in [0.05, 0.1) is 31.0 Å². The standard InChI is InChI=1S/C28H33N5OS/c35-28-30-26(25-8-4-5-14-29-25)27(21-13-15-32(20-21)22-6-2-1-3-7-22)33(28)24-11-9-23(10-12-24)31-16-18-34-19-17-31/h4-5,8-15,20,22,26-27H,1-3,6-7,16-19H2,(H,30,35). The van der Waals surface area contributed by atoms with Gasteiger partial charge in [-0.2, -0.15) is 0 Å². The Morgan fingerprint density at radius 3 is 2.43 bits per heavy atom. The molecule has 3 aromatic rings. The van der Waals surface area contributed by atoms with Crippen molar-refractivity contribution in [2.45, 2.75) is 50.2 Å². The summed E-state index contributed by atoms with van der Waals surface area (Å²) in [6.07, 6.45) is 13.0. The zero-order valence-electron chi connectivity index (χ0n) is 20.1. The average Bonchev–Trinajstić information content (AvgIpc) is 3.55. The highest BCUT2D eigenvalue weighted by atomic mass is 32.1. The second kappa shape index (κ2) is 9.99. The number of hydrogen-bond donors (Lipinski definition) is 1. The first kappa shape index (κ1) is 22.6. The lowest BCUT2D eigenvalue weighted by molar-refractivity contribution is 0.122. The van der Waals surface area contributed by atoms with Crippen molar-refractivity contribution in [3.8, 4) is 0 Å². The minimum absolute atomic E-state index is 0.00942. The SMILES string of the molecule is S=C1NC(c2ccccn2)C(c2ccn(C3CCCCC3)c2)N1c1ccc(N2CCOCC2)cc1. The third-order valence-electron chi connectivity index (χ3n) is 7.68. The molecule has 1 aromatic carbocycles. The van der Waals surface area contributed by atoms with Gasteiger partial charge in [0.1, 0.15) is 0 Å². The Morgan fingerprint density at radius 1 is 0.914 bits per heavy atom. The van der Waals surface area contributed by atoms with E-state index in [0.29, 0.717) is 6.04 Å². The second-order valence-electron chi connectivity index (χ2n) is 9.80. The Balaban J connectivity index is 1.33. The second-order valence-corrected chi connectivity index (χ2v) is 10.2. The molecule has 1 aliphatic carbocycles. The van der Waals surface area contributed by atoms with E-state index in [0.717, 1.165) is 42.8 Å². The number of aromatic nitrogens is 2. The lowest BCUT2D eigenvalue weighted by Crippen LogP contribution is -2.36. The number of rotatable bonds is 5. The third-order valence-corrected chi connectivity index (χ3v) is 7.99. The largest absolute Gasteiger partial charge is 0.378 e. The molecule has 1 N–H and O–H groups in total. The van der Waals surface area contributed by atoms with Crippen molar-refractivity contribution in [1.29, 1.82) is 0 Å². The summed E-state index contributed by atoms with van der Waals surface area (Å²) in [5.74, 6) is 0. The van der Waals surface area contributed by atoms with Gasteiger partial charge >= 0.3 is 0 Å². The molecule has 4 heterocycles. The van der Waals surface area contributed by atoms with Crippen LogP contribution in [0, 0.1) is 0 Å². The fourth-order valence-electron chi connectivity index (χ4n) is 5.83. The molecule has 2 unspecified atom stereocenters. The smallest absolute Gasteiger partial charge is 0.174 e. The summed E-state index contributed by atoms with van der Waals surface area (Å²) in [5.41, 5.74) is 4.62. The summed E-state index contributed by atoms with van der Waals surface area (Å²) in [6.45, 7) is 3.44. The van der Waals surface area contributed by atoms with Gasteiger partial charge in [-0.25, -0.2) is 0 Å². The lowest BCUT2D eigenvalue weighted by atomic mass is 9.95. The molecule has 7 heteroatoms. The number of nitrogens with one attached hydrogen (secondary N) is 1. The molecule has 0 amide bonds. The topological polar surface area (TPSA) is 45.6 Å². The van der Waals surface area contributed by atoms with E-state index in [2.05, 4.69) is 74.5 Å². The third kappa shape index (κ3) is 4.55. The molecule has 182 valence electrons. The summed E-state index contributed by atoms with van der Waals surface area (Å²) in [5, 5.41) is 4.34. The van der Waals surface area contributed by atoms with E-state index in [9.17, 15) is 0 Å². The molecule has 6 nitrogen and oxygen atoms in total. The van der Waals surface area contributed by atoms with E-state index in [-0.39, 0.29) is 12.1 Å². The van der Waals surface area contributed by atoms with Gasteiger partial charge in [0.2, 0.25) is 0 Å². The van der Waals surface area contributed by atoms with Crippen LogP contribution in [0.15, 0.2) is 67.1 Å². The van der Waals surface area contributed by atoms with Crippen LogP contribution in [0.25, 0.3) is 0 Å². The number of thiocarbonyl (C=S) groups is 1. The van der Waals surface area contributed by atoms with Crippen LogP contribution < -0.4 is 15.1 Å². The molecule has 35 heavy (non-hydrogen) atoms. The Bertz CT molecular complexity index is 1140. The van der Waals surface area contributed by atoms with Crippen LogP contribution in [0.5, 0.6) is 0 Å². The molecule has 6 rings (SSSR count). The zero-order valence-corrected chi connectivity index (χ0v) is 20.9. The van der Waals surface area contributed by atoms with E-state index >= 15 is 0 Å². The highest BCUT2D eigenvalue weighted by molar-refractivity contribution is 7.80. The molecule has 2 saturated heterocycles. The van der Waals surface area contributed by atoms with Gasteiger partial charge in [-0.15, -0.1) is 0 Å². The highest BCUT2D eigenvalue weighted by Gasteiger charge is 2.41. The van der Waals surface area contributed by atoms with E-state index in [4.69, 9.17) is 21.9 Å². The fraction of sp³-hybridized carbons (Fsp3) is 0.429. The molecule has 3 fully saturated rings. The monoisotopic (exact) mass is 487 g/mol. The molecule has 2 atom stereocenters. The summed E-state index contributed by atoms with van der Waals surface area (Å²) in [7, 11) is 0. The van der Waals surface area contributed by atoms with Crippen LogP contribution in [-0.2, 0) is 4.74 Å². The van der Waals surface area contributed by atoms with Crippen LogP contribution in [0.3, 0.4) is 0 Å². The first-order valence-electron chi connectivity index (χ1n) is 12.9. The van der Waals surface area contributed by atoms with Crippen molar-refractivity contribution >= 4 is 28.7 Å². The normalized spacial score (nSPS) is 23.5. The number of anilines is 2. The molecule has 0 bridgehead atoms. The molecule has 2 aromatic heterocycles. The Morgan fingerprint density at radius 2 is 1.69 bits per heavy atom. The number of benzene rings is 1. The predicted octanol–water partition coefficient (Wildman–Crippen LogP) is 5.40. The van der Waals surface area contributed by atoms with E-state index in [1.165, 1.54) is 43.4 Å². The summed E-state index contributed by atoms with van der Waals surface area (Å²) < 4.78 is 7.96. The predicted molar refractivity (Wildman–Crippen MR) is 144 cm³/mol. The van der Waals surface area contributed by atoms with Gasteiger partial charge < -0.3 is 24.4 Å². The maximum Gasteiger partial charge on any atom is 0.174 e. The van der Waals surface area contributed by atoms with Gasteiger partial charge in [-0.05, 0) is 73.1 Å². The van der Waals surface area contributed by atoms with Gasteiger partial charge in [0, 0.05) is 49.1 Å². The first-order valence-corrected chi connectivity index (χ1v) is 13.3. The molecule has 0 radical (unpaired) electrons. The minimum atomic E-state index is -0.00942.